The Labute approximate surface area is 156 Å². The normalized spacial score (nSPS) is 10.6. The van der Waals surface area contributed by atoms with Crippen LogP contribution >= 0.6 is 46.3 Å². The number of benzene rings is 1. The zero-order valence-electron chi connectivity index (χ0n) is 12.1. The van der Waals surface area contributed by atoms with Gasteiger partial charge in [-0.1, -0.05) is 52.4 Å². The van der Waals surface area contributed by atoms with Gasteiger partial charge in [-0.2, -0.15) is 0 Å². The molecule has 0 saturated heterocycles. The number of nitrogens with one attached hydrogen (secondary N) is 1. The first-order chi connectivity index (χ1) is 11.6. The predicted octanol–water partition coefficient (Wildman–Crippen LogP) is 4.64. The van der Waals surface area contributed by atoms with Gasteiger partial charge in [0.2, 0.25) is 5.91 Å². The lowest BCUT2D eigenvalue weighted by atomic mass is 10.3. The fourth-order valence-electron chi connectivity index (χ4n) is 1.80. The van der Waals surface area contributed by atoms with Crippen molar-refractivity contribution in [1.82, 2.24) is 15.2 Å². The molecule has 2 heterocycles. The highest BCUT2D eigenvalue weighted by Crippen LogP contribution is 2.31. The molecule has 3 aromatic rings. The van der Waals surface area contributed by atoms with Crippen LogP contribution in [0.4, 0.5) is 5.69 Å². The molecule has 0 bridgehead atoms. The Morgan fingerprint density at radius 3 is 2.54 bits per heavy atom. The Balaban J connectivity index is 1.60. The highest BCUT2D eigenvalue weighted by Gasteiger charge is 2.12. The van der Waals surface area contributed by atoms with Gasteiger partial charge in [0, 0.05) is 18.0 Å². The number of carbonyl (C=O) groups excluding carboxylic acids is 1. The van der Waals surface area contributed by atoms with Crippen LogP contribution < -0.4 is 5.32 Å². The van der Waals surface area contributed by atoms with Crippen LogP contribution in [0, 0.1) is 0 Å². The molecule has 0 saturated carbocycles. The molecular formula is C15H10Cl2N4OS2. The molecule has 0 aliphatic rings. The van der Waals surface area contributed by atoms with E-state index in [2.05, 4.69) is 20.5 Å². The molecule has 0 aliphatic carbocycles. The van der Waals surface area contributed by atoms with E-state index in [0.717, 1.165) is 10.6 Å². The van der Waals surface area contributed by atoms with Crippen molar-refractivity contribution >= 4 is 57.9 Å². The molecule has 5 nitrogen and oxygen atoms in total. The van der Waals surface area contributed by atoms with Gasteiger partial charge in [-0.25, -0.2) is 0 Å². The Bertz CT molecular complexity index is 837. The maximum absolute atomic E-state index is 12.1. The van der Waals surface area contributed by atoms with Crippen LogP contribution in [0.15, 0.2) is 47.1 Å². The zero-order valence-corrected chi connectivity index (χ0v) is 15.2. The number of hydrogen-bond acceptors (Lipinski definition) is 6. The molecule has 9 heteroatoms. The summed E-state index contributed by atoms with van der Waals surface area (Å²) >= 11 is 14.8. The molecular weight excluding hydrogens is 387 g/mol. The maximum atomic E-state index is 12.1. The van der Waals surface area contributed by atoms with Gasteiger partial charge >= 0.3 is 0 Å². The number of rotatable bonds is 5. The molecule has 0 unspecified atom stereocenters. The van der Waals surface area contributed by atoms with E-state index in [4.69, 9.17) is 23.2 Å². The smallest absolute Gasteiger partial charge is 0.234 e. The van der Waals surface area contributed by atoms with Gasteiger partial charge in [0.05, 0.1) is 21.5 Å². The first kappa shape index (κ1) is 17.2. The number of para-hydroxylation sites is 1. The molecule has 0 spiro atoms. The summed E-state index contributed by atoms with van der Waals surface area (Å²) in [6.45, 7) is 0. The standard InChI is InChI=1S/C15H10Cl2N4OS2/c16-10-2-1-3-11(17)13(10)19-12(22)8-23-15-21-20-14(24-15)9-4-6-18-7-5-9/h1-7H,8H2,(H,19,22). The van der Waals surface area contributed by atoms with E-state index in [0.29, 0.717) is 20.1 Å². The Morgan fingerprint density at radius 1 is 1.12 bits per heavy atom. The number of halogens is 2. The van der Waals surface area contributed by atoms with E-state index >= 15 is 0 Å². The van der Waals surface area contributed by atoms with Crippen LogP contribution in [-0.2, 0) is 4.79 Å². The second kappa shape index (κ2) is 7.94. The van der Waals surface area contributed by atoms with Crippen molar-refractivity contribution in [2.24, 2.45) is 0 Å². The minimum atomic E-state index is -0.212. The first-order valence-corrected chi connectivity index (χ1v) is 9.30. The fourth-order valence-corrected chi connectivity index (χ4v) is 3.95. The molecule has 1 amide bonds. The Hall–Kier alpha value is -1.67. The fraction of sp³-hybridized carbons (Fsp3) is 0.0667. The minimum absolute atomic E-state index is 0.187. The minimum Gasteiger partial charge on any atom is -0.323 e. The molecule has 3 rings (SSSR count). The van der Waals surface area contributed by atoms with E-state index in [-0.39, 0.29) is 11.7 Å². The van der Waals surface area contributed by atoms with Gasteiger partial charge in [-0.3, -0.25) is 9.78 Å². The molecule has 1 aromatic carbocycles. The van der Waals surface area contributed by atoms with Crippen LogP contribution in [-0.4, -0.2) is 26.8 Å². The topological polar surface area (TPSA) is 67.8 Å². The third-order valence-corrected chi connectivity index (χ3v) is 5.62. The number of thioether (sulfide) groups is 1. The summed E-state index contributed by atoms with van der Waals surface area (Å²) in [5.74, 6) is -0.0253. The molecule has 0 atom stereocenters. The Morgan fingerprint density at radius 2 is 1.83 bits per heavy atom. The van der Waals surface area contributed by atoms with Crippen LogP contribution in [0.25, 0.3) is 10.6 Å². The van der Waals surface area contributed by atoms with Gasteiger partial charge in [0.25, 0.3) is 0 Å². The molecule has 122 valence electrons. The average molecular weight is 397 g/mol. The number of pyridine rings is 1. The number of anilines is 1. The van der Waals surface area contributed by atoms with E-state index in [1.165, 1.54) is 23.1 Å². The third-order valence-electron chi connectivity index (χ3n) is 2.89. The summed E-state index contributed by atoms with van der Waals surface area (Å²) in [6.07, 6.45) is 3.40. The highest BCUT2D eigenvalue weighted by molar-refractivity contribution is 8.01. The van der Waals surface area contributed by atoms with Gasteiger partial charge < -0.3 is 5.32 Å². The summed E-state index contributed by atoms with van der Waals surface area (Å²) in [7, 11) is 0. The molecule has 0 fully saturated rings. The summed E-state index contributed by atoms with van der Waals surface area (Å²) in [4.78, 5) is 16.0. The van der Waals surface area contributed by atoms with E-state index in [1.54, 1.807) is 30.6 Å². The molecule has 0 aliphatic heterocycles. The largest absolute Gasteiger partial charge is 0.323 e. The number of hydrogen-bond donors (Lipinski definition) is 1. The molecule has 0 radical (unpaired) electrons. The van der Waals surface area contributed by atoms with Crippen molar-refractivity contribution in [2.45, 2.75) is 4.34 Å². The summed E-state index contributed by atoms with van der Waals surface area (Å²) < 4.78 is 0.710. The summed E-state index contributed by atoms with van der Waals surface area (Å²) in [5, 5.41) is 12.5. The average Bonchev–Trinajstić information content (AvgIpc) is 3.06. The van der Waals surface area contributed by atoms with Crippen molar-refractivity contribution in [3.8, 4) is 10.6 Å². The van der Waals surface area contributed by atoms with Crippen LogP contribution in [0.1, 0.15) is 0 Å². The van der Waals surface area contributed by atoms with E-state index in [9.17, 15) is 4.79 Å². The number of amides is 1. The Kier molecular flexibility index (Phi) is 5.68. The van der Waals surface area contributed by atoms with E-state index < -0.39 is 0 Å². The van der Waals surface area contributed by atoms with Crippen molar-refractivity contribution < 1.29 is 4.79 Å². The lowest BCUT2D eigenvalue weighted by molar-refractivity contribution is -0.113. The highest BCUT2D eigenvalue weighted by atomic mass is 35.5. The zero-order chi connectivity index (χ0) is 16.9. The molecule has 2 aromatic heterocycles. The van der Waals surface area contributed by atoms with Crippen molar-refractivity contribution in [2.75, 3.05) is 11.1 Å². The first-order valence-electron chi connectivity index (χ1n) is 6.74. The number of carbonyl (C=O) groups is 1. The van der Waals surface area contributed by atoms with Gasteiger partial charge in [0.1, 0.15) is 5.01 Å². The number of aromatic nitrogens is 3. The van der Waals surface area contributed by atoms with Crippen LogP contribution in [0.2, 0.25) is 10.0 Å². The second-order valence-electron chi connectivity index (χ2n) is 4.54. The van der Waals surface area contributed by atoms with Gasteiger partial charge in [-0.05, 0) is 24.3 Å². The predicted molar refractivity (Wildman–Crippen MR) is 99.0 cm³/mol. The SMILES string of the molecule is O=C(CSc1nnc(-c2ccncc2)s1)Nc1c(Cl)cccc1Cl. The summed E-state index contributed by atoms with van der Waals surface area (Å²) in [6, 6.07) is 8.78. The maximum Gasteiger partial charge on any atom is 0.234 e. The van der Waals surface area contributed by atoms with Crippen LogP contribution in [0.3, 0.4) is 0 Å². The van der Waals surface area contributed by atoms with E-state index in [1.807, 2.05) is 12.1 Å². The quantitative estimate of drug-likeness (QED) is 0.636. The lowest BCUT2D eigenvalue weighted by Gasteiger charge is -2.08. The monoisotopic (exact) mass is 396 g/mol. The van der Waals surface area contributed by atoms with Crippen molar-refractivity contribution in [1.29, 1.82) is 0 Å². The molecule has 1 N–H and O–H groups in total. The second-order valence-corrected chi connectivity index (χ2v) is 7.56. The molecule has 24 heavy (non-hydrogen) atoms. The number of nitrogens with zero attached hydrogens (tertiary/aromatic N) is 3. The summed E-state index contributed by atoms with van der Waals surface area (Å²) in [5.41, 5.74) is 1.36. The van der Waals surface area contributed by atoms with Crippen molar-refractivity contribution in [3.05, 3.63) is 52.8 Å². The van der Waals surface area contributed by atoms with Gasteiger partial charge in [-0.15, -0.1) is 10.2 Å². The van der Waals surface area contributed by atoms with Crippen LogP contribution in [0.5, 0.6) is 0 Å². The lowest BCUT2D eigenvalue weighted by Crippen LogP contribution is -2.14. The van der Waals surface area contributed by atoms with Gasteiger partial charge in [0.15, 0.2) is 4.34 Å². The van der Waals surface area contributed by atoms with Crippen molar-refractivity contribution in [3.63, 3.8) is 0 Å². The third kappa shape index (κ3) is 4.24.